The van der Waals surface area contributed by atoms with Crippen molar-refractivity contribution < 1.29 is 9.84 Å². The first-order valence-electron chi connectivity index (χ1n) is 7.26. The molecule has 0 amide bonds. The first-order valence-corrected chi connectivity index (χ1v) is 7.63. The second kappa shape index (κ2) is 5.93. The van der Waals surface area contributed by atoms with Crippen LogP contribution in [0.1, 0.15) is 31.0 Å². The molecule has 2 aromatic carbocycles. The summed E-state index contributed by atoms with van der Waals surface area (Å²) in [5.41, 5.74) is 3.08. The van der Waals surface area contributed by atoms with Gasteiger partial charge >= 0.3 is 0 Å². The van der Waals surface area contributed by atoms with Crippen LogP contribution in [-0.4, -0.2) is 10.1 Å². The van der Waals surface area contributed by atoms with E-state index in [1.54, 1.807) is 18.2 Å². The molecular formula is C18H18ClNO2. The smallest absolute Gasteiger partial charge is 0.140 e. The van der Waals surface area contributed by atoms with Gasteiger partial charge in [-0.15, -0.1) is 0 Å². The minimum absolute atomic E-state index is 0.230. The second-order valence-electron chi connectivity index (χ2n) is 5.71. The Balaban J connectivity index is 1.85. The topological polar surface area (TPSA) is 45.2 Å². The van der Waals surface area contributed by atoms with E-state index in [1.165, 1.54) is 5.69 Å². The van der Waals surface area contributed by atoms with Crippen LogP contribution < -0.4 is 4.74 Å². The number of phenolic OH excluding ortho intramolecular Hbond substituents is 1. The Hall–Kier alpha value is -2.13. The molecule has 0 spiro atoms. The molecule has 1 heterocycles. The maximum atomic E-state index is 9.47. The van der Waals surface area contributed by atoms with E-state index in [-0.39, 0.29) is 5.75 Å². The fourth-order valence-electron chi connectivity index (χ4n) is 2.38. The molecule has 0 saturated carbocycles. The zero-order valence-electron chi connectivity index (χ0n) is 12.6. The SMILES string of the molecule is CC(C)c1cc2cc(Cl)c(OCc3cccc(O)c3)cc2[nH]1. The molecule has 0 aliphatic rings. The summed E-state index contributed by atoms with van der Waals surface area (Å²) in [6.45, 7) is 4.65. The molecule has 0 aliphatic carbocycles. The molecule has 0 unspecified atom stereocenters. The van der Waals surface area contributed by atoms with Crippen LogP contribution in [0.4, 0.5) is 0 Å². The lowest BCUT2D eigenvalue weighted by Crippen LogP contribution is -1.95. The molecule has 22 heavy (non-hydrogen) atoms. The summed E-state index contributed by atoms with van der Waals surface area (Å²) in [5, 5.41) is 11.1. The highest BCUT2D eigenvalue weighted by Gasteiger charge is 2.09. The molecule has 0 fully saturated rings. The summed E-state index contributed by atoms with van der Waals surface area (Å²) in [7, 11) is 0. The van der Waals surface area contributed by atoms with E-state index in [4.69, 9.17) is 16.3 Å². The lowest BCUT2D eigenvalue weighted by atomic mass is 10.1. The van der Waals surface area contributed by atoms with Gasteiger partial charge in [0.2, 0.25) is 0 Å². The zero-order valence-corrected chi connectivity index (χ0v) is 13.3. The van der Waals surface area contributed by atoms with Crippen LogP contribution in [0.3, 0.4) is 0 Å². The number of hydrogen-bond acceptors (Lipinski definition) is 2. The number of hydrogen-bond donors (Lipinski definition) is 2. The van der Waals surface area contributed by atoms with Gasteiger partial charge in [0.05, 0.1) is 5.02 Å². The van der Waals surface area contributed by atoms with E-state index >= 15 is 0 Å². The molecule has 3 rings (SSSR count). The van der Waals surface area contributed by atoms with Crippen molar-refractivity contribution in [3.8, 4) is 11.5 Å². The number of benzene rings is 2. The Labute approximate surface area is 134 Å². The van der Waals surface area contributed by atoms with Crippen molar-refractivity contribution in [1.82, 2.24) is 4.98 Å². The fraction of sp³-hybridized carbons (Fsp3) is 0.222. The number of aromatic amines is 1. The Morgan fingerprint density at radius 3 is 2.73 bits per heavy atom. The molecule has 0 saturated heterocycles. The van der Waals surface area contributed by atoms with Gasteiger partial charge in [-0.25, -0.2) is 0 Å². The van der Waals surface area contributed by atoms with E-state index < -0.39 is 0 Å². The Bertz CT molecular complexity index is 808. The van der Waals surface area contributed by atoms with Gasteiger partial charge in [0.25, 0.3) is 0 Å². The predicted octanol–water partition coefficient (Wildman–Crippen LogP) is 5.23. The number of ether oxygens (including phenoxy) is 1. The monoisotopic (exact) mass is 315 g/mol. The summed E-state index contributed by atoms with van der Waals surface area (Å²) < 4.78 is 5.79. The standard InChI is InChI=1S/C18H18ClNO2/c1-11(2)16-8-13-7-15(19)18(9-17(13)20-16)22-10-12-4-3-5-14(21)6-12/h3-9,11,20-21H,10H2,1-2H3. The van der Waals surface area contributed by atoms with Gasteiger partial charge in [0.1, 0.15) is 18.1 Å². The Kier molecular flexibility index (Phi) is 3.99. The summed E-state index contributed by atoms with van der Waals surface area (Å²) in [4.78, 5) is 3.39. The largest absolute Gasteiger partial charge is 0.508 e. The summed E-state index contributed by atoms with van der Waals surface area (Å²) in [5.74, 6) is 1.30. The van der Waals surface area contributed by atoms with E-state index in [0.29, 0.717) is 23.3 Å². The number of phenols is 1. The van der Waals surface area contributed by atoms with Crippen LogP contribution in [0.25, 0.3) is 10.9 Å². The highest BCUT2D eigenvalue weighted by Crippen LogP contribution is 2.32. The number of aromatic hydroxyl groups is 1. The summed E-state index contributed by atoms with van der Waals surface area (Å²) >= 11 is 6.30. The van der Waals surface area contributed by atoms with Crippen molar-refractivity contribution in [3.05, 3.63) is 58.7 Å². The predicted molar refractivity (Wildman–Crippen MR) is 89.8 cm³/mol. The lowest BCUT2D eigenvalue weighted by molar-refractivity contribution is 0.306. The van der Waals surface area contributed by atoms with Crippen molar-refractivity contribution in [1.29, 1.82) is 0 Å². The maximum Gasteiger partial charge on any atom is 0.140 e. The highest BCUT2D eigenvalue weighted by molar-refractivity contribution is 6.32. The van der Waals surface area contributed by atoms with Gasteiger partial charge in [-0.1, -0.05) is 37.6 Å². The van der Waals surface area contributed by atoms with Crippen LogP contribution in [-0.2, 0) is 6.61 Å². The number of H-pyrrole nitrogens is 1. The number of halogens is 1. The summed E-state index contributed by atoms with van der Waals surface area (Å²) in [6, 6.07) is 13.0. The number of fused-ring (bicyclic) bond motifs is 1. The van der Waals surface area contributed by atoms with Gasteiger partial charge in [0.15, 0.2) is 0 Å². The quantitative estimate of drug-likeness (QED) is 0.692. The minimum atomic E-state index is 0.230. The normalized spacial score (nSPS) is 11.3. The van der Waals surface area contributed by atoms with Crippen LogP contribution in [0.5, 0.6) is 11.5 Å². The summed E-state index contributed by atoms with van der Waals surface area (Å²) in [6.07, 6.45) is 0. The average molecular weight is 316 g/mol. The van der Waals surface area contributed by atoms with Crippen molar-refractivity contribution in [2.75, 3.05) is 0 Å². The van der Waals surface area contributed by atoms with Gasteiger partial charge in [0, 0.05) is 22.7 Å². The Morgan fingerprint density at radius 1 is 1.18 bits per heavy atom. The van der Waals surface area contributed by atoms with Crippen LogP contribution in [0.2, 0.25) is 5.02 Å². The molecule has 3 nitrogen and oxygen atoms in total. The van der Waals surface area contributed by atoms with Gasteiger partial charge in [-0.3, -0.25) is 0 Å². The number of nitrogens with one attached hydrogen (secondary N) is 1. The second-order valence-corrected chi connectivity index (χ2v) is 6.12. The average Bonchev–Trinajstić information content (AvgIpc) is 2.88. The zero-order chi connectivity index (χ0) is 15.7. The van der Waals surface area contributed by atoms with E-state index in [0.717, 1.165) is 16.5 Å². The van der Waals surface area contributed by atoms with Gasteiger partial charge in [-0.2, -0.15) is 0 Å². The minimum Gasteiger partial charge on any atom is -0.508 e. The first-order chi connectivity index (χ1) is 10.5. The molecule has 4 heteroatoms. The van der Waals surface area contributed by atoms with Crippen molar-refractivity contribution in [2.24, 2.45) is 0 Å². The fourth-order valence-corrected chi connectivity index (χ4v) is 2.61. The first kappa shape index (κ1) is 14.8. The van der Waals surface area contributed by atoms with Crippen molar-refractivity contribution >= 4 is 22.5 Å². The van der Waals surface area contributed by atoms with Crippen LogP contribution >= 0.6 is 11.6 Å². The lowest BCUT2D eigenvalue weighted by Gasteiger charge is -2.08. The third-order valence-corrected chi connectivity index (χ3v) is 3.92. The molecule has 0 radical (unpaired) electrons. The molecule has 3 aromatic rings. The van der Waals surface area contributed by atoms with Gasteiger partial charge < -0.3 is 14.8 Å². The maximum absolute atomic E-state index is 9.47. The molecule has 2 N–H and O–H groups in total. The third-order valence-electron chi connectivity index (χ3n) is 3.62. The van der Waals surface area contributed by atoms with Gasteiger partial charge in [-0.05, 0) is 35.7 Å². The number of rotatable bonds is 4. The molecule has 0 atom stereocenters. The van der Waals surface area contributed by atoms with E-state index in [2.05, 4.69) is 24.9 Å². The molecule has 1 aromatic heterocycles. The molecule has 0 aliphatic heterocycles. The highest BCUT2D eigenvalue weighted by atomic mass is 35.5. The molecule has 0 bridgehead atoms. The van der Waals surface area contributed by atoms with Crippen molar-refractivity contribution in [3.63, 3.8) is 0 Å². The van der Waals surface area contributed by atoms with Crippen molar-refractivity contribution in [2.45, 2.75) is 26.4 Å². The molecular weight excluding hydrogens is 298 g/mol. The van der Waals surface area contributed by atoms with Crippen LogP contribution in [0.15, 0.2) is 42.5 Å². The Morgan fingerprint density at radius 2 is 2.00 bits per heavy atom. The number of aromatic nitrogens is 1. The third kappa shape index (κ3) is 3.04. The van der Waals surface area contributed by atoms with E-state index in [1.807, 2.05) is 18.2 Å². The van der Waals surface area contributed by atoms with Crippen LogP contribution in [0, 0.1) is 0 Å². The van der Waals surface area contributed by atoms with E-state index in [9.17, 15) is 5.11 Å². The molecule has 114 valence electrons.